The third-order valence-corrected chi connectivity index (χ3v) is 9.12. The topological polar surface area (TPSA) is 122 Å². The Morgan fingerprint density at radius 3 is 2.76 bits per heavy atom. The molecular formula is C28H34N6O3. The highest BCUT2D eigenvalue weighted by Gasteiger charge is 2.47. The molecule has 2 bridgehead atoms. The molecule has 4 N–H and O–H groups in total. The average Bonchev–Trinajstić information content (AvgIpc) is 3.66. The maximum atomic E-state index is 11.9. The number of hydrogen-bond donors (Lipinski definition) is 2. The molecular weight excluding hydrogens is 468 g/mol. The van der Waals surface area contributed by atoms with Gasteiger partial charge < -0.3 is 25.5 Å². The van der Waals surface area contributed by atoms with E-state index in [1.54, 1.807) is 0 Å². The van der Waals surface area contributed by atoms with Gasteiger partial charge in [-0.05, 0) is 75.6 Å². The van der Waals surface area contributed by atoms with Crippen LogP contribution in [0.1, 0.15) is 57.4 Å². The molecule has 194 valence electrons. The minimum atomic E-state index is -0.205. The molecule has 0 unspecified atom stereocenters. The average molecular weight is 503 g/mol. The standard InChI is InChI=1S/C28H34N6O3/c29-25-24-22(17-3-1-4-21(11-17)36-15-28-8-6-20(37-28)7-9-28)14-34(27(24)32-16-31-25)19-12-18(13-19)33-10-2-5-23(33)26(30)35/h1,3-4,11,14,16,18-20,23H,2,5-10,12-13,15H2,(H2,30,35)(H2,29,31,32)/t18-,19+,20?,23-,28?/m0/s1. The highest BCUT2D eigenvalue weighted by molar-refractivity contribution is 6.00. The molecule has 2 aromatic heterocycles. The molecule has 4 aliphatic rings. The monoisotopic (exact) mass is 502 g/mol. The van der Waals surface area contributed by atoms with E-state index in [9.17, 15) is 4.79 Å². The number of hydrogen-bond acceptors (Lipinski definition) is 7. The van der Waals surface area contributed by atoms with E-state index in [4.69, 9.17) is 20.9 Å². The van der Waals surface area contributed by atoms with E-state index in [1.165, 1.54) is 6.33 Å². The number of carbonyl (C=O) groups excluding carboxylic acids is 1. The molecule has 1 amide bonds. The van der Waals surface area contributed by atoms with Crippen LogP contribution >= 0.6 is 0 Å². The lowest BCUT2D eigenvalue weighted by Gasteiger charge is -2.43. The van der Waals surface area contributed by atoms with Crippen LogP contribution in [0.3, 0.4) is 0 Å². The summed E-state index contributed by atoms with van der Waals surface area (Å²) >= 11 is 0. The first-order valence-electron chi connectivity index (χ1n) is 13.6. The van der Waals surface area contributed by atoms with Crippen molar-refractivity contribution in [1.29, 1.82) is 0 Å². The molecule has 4 fully saturated rings. The number of nitrogens with two attached hydrogens (primary N) is 2. The van der Waals surface area contributed by atoms with Crippen LogP contribution < -0.4 is 16.2 Å². The fraction of sp³-hybridized carbons (Fsp3) is 0.536. The number of aromatic nitrogens is 3. The first-order chi connectivity index (χ1) is 18.0. The summed E-state index contributed by atoms with van der Waals surface area (Å²) in [6, 6.07) is 8.71. The van der Waals surface area contributed by atoms with E-state index in [0.717, 1.165) is 85.8 Å². The van der Waals surface area contributed by atoms with Gasteiger partial charge in [-0.15, -0.1) is 0 Å². The zero-order chi connectivity index (χ0) is 25.1. The summed E-state index contributed by atoms with van der Waals surface area (Å²) in [4.78, 5) is 23.1. The van der Waals surface area contributed by atoms with Crippen LogP contribution in [0.5, 0.6) is 5.75 Å². The Hall–Kier alpha value is -3.17. The fourth-order valence-electron chi connectivity index (χ4n) is 7.05. The van der Waals surface area contributed by atoms with Crippen molar-refractivity contribution >= 4 is 22.8 Å². The first kappa shape index (κ1) is 23.0. The number of likely N-dealkylation sites (tertiary alicyclic amines) is 1. The van der Waals surface area contributed by atoms with Crippen LogP contribution in [0.2, 0.25) is 0 Å². The van der Waals surface area contributed by atoms with Gasteiger partial charge in [0, 0.05) is 23.8 Å². The molecule has 9 nitrogen and oxygen atoms in total. The van der Waals surface area contributed by atoms with Crippen molar-refractivity contribution < 1.29 is 14.3 Å². The summed E-state index contributed by atoms with van der Waals surface area (Å²) in [7, 11) is 0. The Morgan fingerprint density at radius 1 is 1.16 bits per heavy atom. The SMILES string of the molecule is NC(=O)[C@@H]1CCCN1[C@H]1C[C@@H](n2cc(-c3cccc(OCC45CCC(CC4)O5)c3)c3c(N)ncnc32)C1. The lowest BCUT2D eigenvalue weighted by atomic mass is 9.84. The number of fused-ring (bicyclic) bond motifs is 3. The molecule has 9 heteroatoms. The van der Waals surface area contributed by atoms with Crippen LogP contribution in [-0.4, -0.2) is 62.3 Å². The van der Waals surface area contributed by atoms with Crippen molar-refractivity contribution in [1.82, 2.24) is 19.4 Å². The van der Waals surface area contributed by atoms with Gasteiger partial charge in [-0.3, -0.25) is 9.69 Å². The second-order valence-corrected chi connectivity index (χ2v) is 11.3. The van der Waals surface area contributed by atoms with Gasteiger partial charge in [0.25, 0.3) is 0 Å². The van der Waals surface area contributed by atoms with E-state index >= 15 is 0 Å². The highest BCUT2D eigenvalue weighted by atomic mass is 16.6. The normalized spacial score (nSPS) is 31.1. The van der Waals surface area contributed by atoms with Crippen molar-refractivity contribution in [3.63, 3.8) is 0 Å². The Bertz CT molecular complexity index is 1340. The molecule has 3 saturated heterocycles. The molecule has 0 spiro atoms. The smallest absolute Gasteiger partial charge is 0.234 e. The Balaban J connectivity index is 1.14. The zero-order valence-electron chi connectivity index (χ0n) is 21.0. The molecule has 1 saturated carbocycles. The number of carbonyl (C=O) groups is 1. The number of nitrogens with zero attached hydrogens (tertiary/aromatic N) is 4. The van der Waals surface area contributed by atoms with E-state index in [-0.39, 0.29) is 23.6 Å². The molecule has 1 aliphatic carbocycles. The maximum Gasteiger partial charge on any atom is 0.234 e. The summed E-state index contributed by atoms with van der Waals surface area (Å²) < 4.78 is 14.7. The van der Waals surface area contributed by atoms with Crippen LogP contribution in [0, 0.1) is 0 Å². The number of primary amides is 1. The van der Waals surface area contributed by atoms with Crippen molar-refractivity contribution in [2.45, 2.75) is 81.2 Å². The Morgan fingerprint density at radius 2 is 2.00 bits per heavy atom. The molecule has 3 aliphatic heterocycles. The number of rotatable bonds is 7. The van der Waals surface area contributed by atoms with E-state index in [1.807, 2.05) is 12.1 Å². The lowest BCUT2D eigenvalue weighted by Crippen LogP contribution is -2.51. The van der Waals surface area contributed by atoms with Crippen LogP contribution in [0.15, 0.2) is 36.8 Å². The number of amides is 1. The largest absolute Gasteiger partial charge is 0.491 e. The second-order valence-electron chi connectivity index (χ2n) is 11.3. The molecule has 7 rings (SSSR count). The van der Waals surface area contributed by atoms with Crippen molar-refractivity contribution in [3.05, 3.63) is 36.8 Å². The predicted molar refractivity (Wildman–Crippen MR) is 140 cm³/mol. The number of ether oxygens (including phenoxy) is 2. The van der Waals surface area contributed by atoms with E-state index in [2.05, 4.69) is 37.8 Å². The van der Waals surface area contributed by atoms with E-state index < -0.39 is 0 Å². The number of nitrogen functional groups attached to an aromatic ring is 1. The number of anilines is 1. The summed E-state index contributed by atoms with van der Waals surface area (Å²) in [5.74, 6) is 1.10. The van der Waals surface area contributed by atoms with Gasteiger partial charge in [0.15, 0.2) is 0 Å². The first-order valence-corrected chi connectivity index (χ1v) is 13.6. The Labute approximate surface area is 216 Å². The quantitative estimate of drug-likeness (QED) is 0.508. The molecule has 1 aromatic carbocycles. The molecule has 37 heavy (non-hydrogen) atoms. The maximum absolute atomic E-state index is 11.9. The van der Waals surface area contributed by atoms with Gasteiger partial charge >= 0.3 is 0 Å². The van der Waals surface area contributed by atoms with Gasteiger partial charge in [-0.2, -0.15) is 0 Å². The molecule has 0 radical (unpaired) electrons. The number of benzene rings is 1. The van der Waals surface area contributed by atoms with Crippen molar-refractivity contribution in [3.8, 4) is 16.9 Å². The summed E-state index contributed by atoms with van der Waals surface area (Å²) in [5, 5.41) is 0.871. The Kier molecular flexibility index (Phi) is 5.40. The third-order valence-electron chi connectivity index (χ3n) is 9.12. The minimum Gasteiger partial charge on any atom is -0.491 e. The van der Waals surface area contributed by atoms with E-state index in [0.29, 0.717) is 24.6 Å². The molecule has 5 heterocycles. The fourth-order valence-corrected chi connectivity index (χ4v) is 7.05. The summed E-state index contributed by atoms with van der Waals surface area (Å²) in [6.07, 6.45) is 12.4. The van der Waals surface area contributed by atoms with Crippen LogP contribution in [-0.2, 0) is 9.53 Å². The predicted octanol–water partition coefficient (Wildman–Crippen LogP) is 3.42. The van der Waals surface area contributed by atoms with Crippen LogP contribution in [0.4, 0.5) is 5.82 Å². The lowest BCUT2D eigenvalue weighted by molar-refractivity contribution is -0.123. The zero-order valence-corrected chi connectivity index (χ0v) is 21.0. The minimum absolute atomic E-state index is 0.113. The summed E-state index contributed by atoms with van der Waals surface area (Å²) in [5.41, 5.74) is 14.8. The van der Waals surface area contributed by atoms with Crippen molar-refractivity contribution in [2.24, 2.45) is 5.73 Å². The third kappa shape index (κ3) is 3.87. The van der Waals surface area contributed by atoms with Gasteiger partial charge in [-0.1, -0.05) is 12.1 Å². The van der Waals surface area contributed by atoms with Crippen molar-refractivity contribution in [2.75, 3.05) is 18.9 Å². The summed E-state index contributed by atoms with van der Waals surface area (Å²) in [6.45, 7) is 1.53. The molecule has 3 aromatic rings. The molecule has 1 atom stereocenters. The van der Waals surface area contributed by atoms with Gasteiger partial charge in [0.05, 0.1) is 17.5 Å². The van der Waals surface area contributed by atoms with Crippen LogP contribution in [0.25, 0.3) is 22.2 Å². The highest BCUT2D eigenvalue weighted by Crippen LogP contribution is 2.45. The van der Waals surface area contributed by atoms with Gasteiger partial charge in [0.1, 0.15) is 35.7 Å². The van der Waals surface area contributed by atoms with Gasteiger partial charge in [-0.25, -0.2) is 9.97 Å². The second kappa shape index (κ2) is 8.70. The van der Waals surface area contributed by atoms with Gasteiger partial charge in [0.2, 0.25) is 5.91 Å².